The molecule has 0 saturated carbocycles. The highest BCUT2D eigenvalue weighted by molar-refractivity contribution is 7.99. The molecule has 0 aliphatic rings. The first-order valence-electron chi connectivity index (χ1n) is 8.28. The van der Waals surface area contributed by atoms with Gasteiger partial charge in [0.25, 0.3) is 0 Å². The lowest BCUT2D eigenvalue weighted by molar-refractivity contribution is -0.113. The van der Waals surface area contributed by atoms with Crippen LogP contribution in [-0.4, -0.2) is 43.5 Å². The molecule has 28 heavy (non-hydrogen) atoms. The van der Waals surface area contributed by atoms with Crippen molar-refractivity contribution in [2.45, 2.75) is 9.92 Å². The highest BCUT2D eigenvalue weighted by Gasteiger charge is 2.21. The number of thioether (sulfide) groups is 1. The highest BCUT2D eigenvalue weighted by atomic mass is 35.5. The van der Waals surface area contributed by atoms with Gasteiger partial charge in [-0.25, -0.2) is 17.7 Å². The monoisotopic (exact) mass is 435 g/mol. The van der Waals surface area contributed by atoms with Gasteiger partial charge in [-0.1, -0.05) is 47.6 Å². The zero-order valence-corrected chi connectivity index (χ0v) is 17.6. The molecule has 0 atom stereocenters. The van der Waals surface area contributed by atoms with Gasteiger partial charge in [-0.3, -0.25) is 4.79 Å². The third-order valence-electron chi connectivity index (χ3n) is 3.90. The van der Waals surface area contributed by atoms with Crippen molar-refractivity contribution in [2.75, 3.05) is 25.2 Å². The summed E-state index contributed by atoms with van der Waals surface area (Å²) in [7, 11) is -0.866. The maximum atomic E-state index is 12.3. The largest absolute Gasteiger partial charge is 0.325 e. The van der Waals surface area contributed by atoms with Gasteiger partial charge < -0.3 is 5.32 Å². The summed E-state index contributed by atoms with van der Waals surface area (Å²) >= 11 is 7.32. The smallest absolute Gasteiger partial charge is 0.244 e. The minimum Gasteiger partial charge on any atom is -0.325 e. The predicted octanol–water partition coefficient (Wildman–Crippen LogP) is 3.87. The number of para-hydroxylation sites is 1. The molecule has 0 radical (unpaired) electrons. The number of benzene rings is 2. The molecule has 0 spiro atoms. The summed E-state index contributed by atoms with van der Waals surface area (Å²) in [5.74, 6) is -0.125. The van der Waals surface area contributed by atoms with E-state index in [1.165, 1.54) is 38.0 Å². The van der Waals surface area contributed by atoms with E-state index in [0.717, 1.165) is 20.2 Å². The Morgan fingerprint density at radius 3 is 2.64 bits per heavy atom. The first-order valence-corrected chi connectivity index (χ1v) is 11.1. The third-order valence-corrected chi connectivity index (χ3v) is 7.12. The molecule has 3 rings (SSSR count). The van der Waals surface area contributed by atoms with Crippen LogP contribution < -0.4 is 5.32 Å². The topological polar surface area (TPSA) is 79.4 Å². The number of sulfonamides is 1. The van der Waals surface area contributed by atoms with Crippen molar-refractivity contribution in [3.05, 3.63) is 59.6 Å². The van der Waals surface area contributed by atoms with Gasteiger partial charge in [-0.2, -0.15) is 0 Å². The summed E-state index contributed by atoms with van der Waals surface area (Å²) in [6.45, 7) is 0. The van der Waals surface area contributed by atoms with E-state index >= 15 is 0 Å². The number of carbonyl (C=O) groups excluding carboxylic acids is 1. The molecule has 146 valence electrons. The van der Waals surface area contributed by atoms with Gasteiger partial charge >= 0.3 is 0 Å². The molecule has 0 aliphatic carbocycles. The second-order valence-electron chi connectivity index (χ2n) is 6.11. The standard InChI is InChI=1S/C19H18ClN3O3S2/c1-23(2)28(25,26)17-11-14(8-9-15(17)20)21-18(24)12-27-19-10-7-13-5-3-4-6-16(13)22-19/h3-11H,12H2,1-2H3,(H,21,24). The Balaban J connectivity index is 1.69. The van der Waals surface area contributed by atoms with E-state index in [-0.39, 0.29) is 21.6 Å². The highest BCUT2D eigenvalue weighted by Crippen LogP contribution is 2.27. The first-order chi connectivity index (χ1) is 13.3. The van der Waals surface area contributed by atoms with Gasteiger partial charge in [0.2, 0.25) is 15.9 Å². The maximum Gasteiger partial charge on any atom is 0.244 e. The fourth-order valence-electron chi connectivity index (χ4n) is 2.44. The number of pyridine rings is 1. The first kappa shape index (κ1) is 20.6. The Kier molecular flexibility index (Phi) is 6.24. The van der Waals surface area contributed by atoms with Crippen LogP contribution in [0.5, 0.6) is 0 Å². The molecule has 1 heterocycles. The van der Waals surface area contributed by atoms with Crippen LogP contribution in [-0.2, 0) is 14.8 Å². The van der Waals surface area contributed by atoms with Crippen LogP contribution in [0, 0.1) is 0 Å². The number of rotatable bonds is 6. The van der Waals surface area contributed by atoms with Crippen molar-refractivity contribution in [3.8, 4) is 0 Å². The molecule has 0 fully saturated rings. The number of amides is 1. The van der Waals surface area contributed by atoms with E-state index in [4.69, 9.17) is 11.6 Å². The quantitative estimate of drug-likeness (QED) is 0.594. The molecule has 0 saturated heterocycles. The molecule has 1 N–H and O–H groups in total. The predicted molar refractivity (Wildman–Crippen MR) is 113 cm³/mol. The molecule has 3 aromatic rings. The summed E-state index contributed by atoms with van der Waals surface area (Å²) in [6, 6.07) is 15.9. The van der Waals surface area contributed by atoms with Gasteiger partial charge in [-0.05, 0) is 30.3 Å². The van der Waals surface area contributed by atoms with Crippen LogP contribution in [0.25, 0.3) is 10.9 Å². The minimum atomic E-state index is -3.71. The molecular weight excluding hydrogens is 418 g/mol. The van der Waals surface area contributed by atoms with E-state index < -0.39 is 10.0 Å². The Hall–Kier alpha value is -2.13. The molecule has 9 heteroatoms. The molecule has 2 aromatic carbocycles. The van der Waals surface area contributed by atoms with Crippen molar-refractivity contribution in [1.29, 1.82) is 0 Å². The lowest BCUT2D eigenvalue weighted by atomic mass is 10.2. The average Bonchev–Trinajstić information content (AvgIpc) is 2.67. The number of anilines is 1. The van der Waals surface area contributed by atoms with Crippen molar-refractivity contribution in [1.82, 2.24) is 9.29 Å². The average molecular weight is 436 g/mol. The summed E-state index contributed by atoms with van der Waals surface area (Å²) in [4.78, 5) is 16.7. The number of carbonyl (C=O) groups is 1. The van der Waals surface area contributed by atoms with Crippen LogP contribution in [0.4, 0.5) is 5.69 Å². The summed E-state index contributed by atoms with van der Waals surface area (Å²) in [5.41, 5.74) is 1.23. The van der Waals surface area contributed by atoms with Crippen molar-refractivity contribution in [2.24, 2.45) is 0 Å². The van der Waals surface area contributed by atoms with Gasteiger partial charge in [0.1, 0.15) is 4.90 Å². The molecule has 0 aliphatic heterocycles. The summed E-state index contributed by atoms with van der Waals surface area (Å²) in [5, 5.41) is 4.57. The zero-order chi connectivity index (χ0) is 20.3. The number of hydrogen-bond acceptors (Lipinski definition) is 5. The van der Waals surface area contributed by atoms with E-state index in [0.29, 0.717) is 5.69 Å². The fourth-order valence-corrected chi connectivity index (χ4v) is 4.51. The van der Waals surface area contributed by atoms with E-state index in [2.05, 4.69) is 10.3 Å². The third kappa shape index (κ3) is 4.64. The van der Waals surface area contributed by atoms with Gasteiger partial charge in [0.15, 0.2) is 0 Å². The van der Waals surface area contributed by atoms with Gasteiger partial charge in [-0.15, -0.1) is 0 Å². The molecule has 0 unspecified atom stereocenters. The van der Waals surface area contributed by atoms with Crippen molar-refractivity contribution in [3.63, 3.8) is 0 Å². The molecule has 0 bridgehead atoms. The van der Waals surface area contributed by atoms with Crippen LogP contribution in [0.2, 0.25) is 5.02 Å². The lowest BCUT2D eigenvalue weighted by Gasteiger charge is -2.14. The van der Waals surface area contributed by atoms with E-state index in [9.17, 15) is 13.2 Å². The molecular formula is C19H18ClN3O3S2. The van der Waals surface area contributed by atoms with Crippen LogP contribution in [0.15, 0.2) is 64.5 Å². The second kappa shape index (κ2) is 8.48. The van der Waals surface area contributed by atoms with Crippen molar-refractivity contribution >= 4 is 55.9 Å². The second-order valence-corrected chi connectivity index (χ2v) is 9.63. The Morgan fingerprint density at radius 1 is 1.14 bits per heavy atom. The van der Waals surface area contributed by atoms with Gasteiger partial charge in [0.05, 0.1) is 21.3 Å². The fraction of sp³-hybridized carbons (Fsp3) is 0.158. The minimum absolute atomic E-state index is 0.0548. The number of fused-ring (bicyclic) bond motifs is 1. The number of nitrogens with zero attached hydrogens (tertiary/aromatic N) is 2. The molecule has 1 amide bonds. The summed E-state index contributed by atoms with van der Waals surface area (Å²) in [6.07, 6.45) is 0. The van der Waals surface area contributed by atoms with Crippen molar-refractivity contribution < 1.29 is 13.2 Å². The van der Waals surface area contributed by atoms with E-state index in [1.807, 2.05) is 36.4 Å². The number of nitrogens with one attached hydrogen (secondary N) is 1. The normalized spacial score (nSPS) is 11.7. The van der Waals surface area contributed by atoms with Crippen LogP contribution in [0.1, 0.15) is 0 Å². The summed E-state index contributed by atoms with van der Waals surface area (Å²) < 4.78 is 25.7. The van der Waals surface area contributed by atoms with Crippen LogP contribution >= 0.6 is 23.4 Å². The molecule has 6 nitrogen and oxygen atoms in total. The Labute approximate surface area is 173 Å². The Morgan fingerprint density at radius 2 is 1.89 bits per heavy atom. The maximum absolute atomic E-state index is 12.3. The van der Waals surface area contributed by atoms with E-state index in [1.54, 1.807) is 6.07 Å². The zero-order valence-electron chi connectivity index (χ0n) is 15.2. The lowest BCUT2D eigenvalue weighted by Crippen LogP contribution is -2.23. The number of hydrogen-bond donors (Lipinski definition) is 1. The van der Waals surface area contributed by atoms with Crippen LogP contribution in [0.3, 0.4) is 0 Å². The molecule has 1 aromatic heterocycles. The van der Waals surface area contributed by atoms with Gasteiger partial charge in [0, 0.05) is 25.2 Å². The number of aromatic nitrogens is 1. The number of halogens is 1. The SMILES string of the molecule is CN(C)S(=O)(=O)c1cc(NC(=O)CSc2ccc3ccccc3n2)ccc1Cl. The Bertz CT molecular complexity index is 1130.